The van der Waals surface area contributed by atoms with Crippen molar-refractivity contribution in [3.8, 4) is 0 Å². The molecule has 2 unspecified atom stereocenters. The zero-order valence-corrected chi connectivity index (χ0v) is 28.3. The molecule has 0 saturated carbocycles. The number of halogens is 2. The first kappa shape index (κ1) is 34.8. The van der Waals surface area contributed by atoms with Gasteiger partial charge < -0.3 is 20.1 Å². The molecule has 0 aromatic heterocycles. The van der Waals surface area contributed by atoms with Gasteiger partial charge in [0.25, 0.3) is 0 Å². The van der Waals surface area contributed by atoms with Crippen LogP contribution in [0, 0.1) is 11.7 Å². The van der Waals surface area contributed by atoms with E-state index in [0.29, 0.717) is 61.5 Å². The Bertz CT molecular complexity index is 1500. The van der Waals surface area contributed by atoms with Gasteiger partial charge in [-0.2, -0.15) is 4.31 Å². The van der Waals surface area contributed by atoms with Crippen molar-refractivity contribution in [3.63, 3.8) is 0 Å². The average Bonchev–Trinajstić information content (AvgIpc) is 3.12. The van der Waals surface area contributed by atoms with E-state index in [2.05, 4.69) is 10.6 Å². The molecule has 2 N–H and O–H groups in total. The molecule has 0 spiro atoms. The van der Waals surface area contributed by atoms with Crippen LogP contribution in [0.15, 0.2) is 42.5 Å². The summed E-state index contributed by atoms with van der Waals surface area (Å²) in [6.45, 7) is 5.47. The highest BCUT2D eigenvalue weighted by molar-refractivity contribution is 7.89. The van der Waals surface area contributed by atoms with Crippen molar-refractivity contribution in [2.24, 2.45) is 5.92 Å². The Kier molecular flexibility index (Phi) is 11.1. The lowest BCUT2D eigenvalue weighted by molar-refractivity contribution is -0.122. The standard InChI is InChI=1S/C34H45ClFN3O6S/c1-34(2)19-24(15-16-45-34)31(22-9-11-25(35)12-10-22)32(38-33(41)44-3)30(40)18-23-6-4-8-29(36)28(23)14-13-27-20-37-26-7-5-17-46(42,43)39(27)21-26/h4,6,8-12,24,26-27,31-32,37H,5,7,13-21H2,1-3H3,(H,38,41)/t24-,26?,27-,31-,32+/m0/s1. The molecule has 1 amide bonds. The number of nitrogens with zero attached hydrogens (tertiary/aromatic N) is 1. The van der Waals surface area contributed by atoms with Crippen LogP contribution in [0.5, 0.6) is 0 Å². The van der Waals surface area contributed by atoms with Crippen molar-refractivity contribution in [1.82, 2.24) is 14.9 Å². The van der Waals surface area contributed by atoms with E-state index in [4.69, 9.17) is 21.1 Å². The first-order chi connectivity index (χ1) is 21.9. The monoisotopic (exact) mass is 677 g/mol. The van der Waals surface area contributed by atoms with Gasteiger partial charge in [-0.25, -0.2) is 17.6 Å². The van der Waals surface area contributed by atoms with Gasteiger partial charge in [-0.3, -0.25) is 4.79 Å². The number of nitrogens with one attached hydrogen (secondary N) is 2. The molecule has 3 aliphatic heterocycles. The molecule has 2 aromatic rings. The molecule has 6 atom stereocenters. The summed E-state index contributed by atoms with van der Waals surface area (Å²) in [6.07, 6.45) is 2.60. The normalized spacial score (nSPS) is 26.7. The Morgan fingerprint density at radius 2 is 1.96 bits per heavy atom. The van der Waals surface area contributed by atoms with Crippen LogP contribution in [-0.2, 0) is 37.1 Å². The topological polar surface area (TPSA) is 114 Å². The number of carbonyl (C=O) groups is 2. The molecule has 3 aliphatic rings. The predicted octanol–water partition coefficient (Wildman–Crippen LogP) is 5.00. The summed E-state index contributed by atoms with van der Waals surface area (Å²) in [5.74, 6) is -1.03. The summed E-state index contributed by atoms with van der Waals surface area (Å²) in [6, 6.07) is 10.8. The Hall–Kier alpha value is -2.57. The smallest absolute Gasteiger partial charge is 0.407 e. The van der Waals surface area contributed by atoms with Gasteiger partial charge in [0.15, 0.2) is 5.78 Å². The number of methoxy groups -OCH3 is 1. The van der Waals surface area contributed by atoms with E-state index in [1.54, 1.807) is 28.6 Å². The van der Waals surface area contributed by atoms with Crippen LogP contribution >= 0.6 is 11.6 Å². The number of sulfonamides is 1. The SMILES string of the molecule is COC(=O)N[C@H](C(=O)Cc1cccc(F)c1CC[C@H]1CNC2CCCS(=O)(=O)N1C2)[C@@H](c1ccc(Cl)cc1)[C@H]1CCOC(C)(C)C1. The minimum absolute atomic E-state index is 0.0128. The highest BCUT2D eigenvalue weighted by Gasteiger charge is 2.42. The van der Waals surface area contributed by atoms with Gasteiger partial charge in [-0.1, -0.05) is 35.9 Å². The van der Waals surface area contributed by atoms with E-state index < -0.39 is 39.5 Å². The van der Waals surface area contributed by atoms with Crippen molar-refractivity contribution < 1.29 is 31.9 Å². The molecule has 2 aromatic carbocycles. The number of hydrogen-bond acceptors (Lipinski definition) is 7. The quantitative estimate of drug-likeness (QED) is 0.364. The molecular formula is C34H45ClFN3O6S. The molecule has 3 fully saturated rings. The average molecular weight is 678 g/mol. The van der Waals surface area contributed by atoms with E-state index in [9.17, 15) is 18.0 Å². The highest BCUT2D eigenvalue weighted by atomic mass is 35.5. The molecule has 46 heavy (non-hydrogen) atoms. The van der Waals surface area contributed by atoms with Crippen molar-refractivity contribution in [3.05, 3.63) is 70.0 Å². The van der Waals surface area contributed by atoms with E-state index in [-0.39, 0.29) is 42.4 Å². The number of rotatable bonds is 10. The molecule has 12 heteroatoms. The highest BCUT2D eigenvalue weighted by Crippen LogP contribution is 2.41. The van der Waals surface area contributed by atoms with Crippen LogP contribution in [0.25, 0.3) is 0 Å². The Morgan fingerprint density at radius 1 is 1.20 bits per heavy atom. The maximum absolute atomic E-state index is 15.5. The molecular weight excluding hydrogens is 633 g/mol. The number of hydrogen-bond donors (Lipinski definition) is 2. The molecule has 2 bridgehead atoms. The lowest BCUT2D eigenvalue weighted by atomic mass is 9.71. The fourth-order valence-corrected chi connectivity index (χ4v) is 9.40. The summed E-state index contributed by atoms with van der Waals surface area (Å²) in [7, 11) is -2.14. The van der Waals surface area contributed by atoms with Crippen LogP contribution in [0.1, 0.15) is 68.6 Å². The van der Waals surface area contributed by atoms with E-state index in [1.165, 1.54) is 13.2 Å². The summed E-state index contributed by atoms with van der Waals surface area (Å²) in [5, 5.41) is 6.84. The number of ketones is 1. The number of Topliss-reactive ketones (excluding diaryl/α,β-unsaturated/α-hetero) is 1. The third kappa shape index (κ3) is 8.28. The number of amides is 1. The van der Waals surface area contributed by atoms with Crippen LogP contribution in [0.3, 0.4) is 0 Å². The van der Waals surface area contributed by atoms with Crippen molar-refractivity contribution in [2.75, 3.05) is 32.6 Å². The van der Waals surface area contributed by atoms with Gasteiger partial charge in [0.1, 0.15) is 5.82 Å². The number of fused-ring (bicyclic) bond motifs is 2. The number of carbonyl (C=O) groups excluding carboxylic acids is 2. The minimum Gasteiger partial charge on any atom is -0.453 e. The van der Waals surface area contributed by atoms with Gasteiger partial charge in [-0.15, -0.1) is 0 Å². The minimum atomic E-state index is -3.39. The second kappa shape index (κ2) is 14.7. The predicted molar refractivity (Wildman–Crippen MR) is 175 cm³/mol. The van der Waals surface area contributed by atoms with Gasteiger partial charge >= 0.3 is 6.09 Å². The lowest BCUT2D eigenvalue weighted by Gasteiger charge is -2.41. The number of piperazine rings is 1. The lowest BCUT2D eigenvalue weighted by Crippen LogP contribution is -2.57. The van der Waals surface area contributed by atoms with Crippen LogP contribution in [-0.4, -0.2) is 80.9 Å². The Labute approximate surface area is 276 Å². The van der Waals surface area contributed by atoms with Crippen LogP contribution < -0.4 is 10.6 Å². The molecule has 3 heterocycles. The molecule has 3 saturated heterocycles. The molecule has 9 nitrogen and oxygen atoms in total. The van der Waals surface area contributed by atoms with E-state index in [1.807, 2.05) is 26.0 Å². The fourth-order valence-electron chi connectivity index (χ4n) is 7.47. The third-order valence-corrected chi connectivity index (χ3v) is 12.0. The summed E-state index contributed by atoms with van der Waals surface area (Å²) >= 11 is 6.22. The van der Waals surface area contributed by atoms with E-state index in [0.717, 1.165) is 12.0 Å². The maximum Gasteiger partial charge on any atom is 0.407 e. The first-order valence-electron chi connectivity index (χ1n) is 16.1. The second-order valence-electron chi connectivity index (χ2n) is 13.4. The molecule has 252 valence electrons. The van der Waals surface area contributed by atoms with Gasteiger partial charge in [0, 0.05) is 49.1 Å². The van der Waals surface area contributed by atoms with Crippen molar-refractivity contribution in [2.45, 2.75) is 88.4 Å². The summed E-state index contributed by atoms with van der Waals surface area (Å²) in [5.41, 5.74) is 1.33. The van der Waals surface area contributed by atoms with Crippen LogP contribution in [0.2, 0.25) is 5.02 Å². The fraction of sp³-hybridized carbons (Fsp3) is 0.588. The largest absolute Gasteiger partial charge is 0.453 e. The van der Waals surface area contributed by atoms with Gasteiger partial charge in [0.2, 0.25) is 10.0 Å². The molecule has 5 rings (SSSR count). The summed E-state index contributed by atoms with van der Waals surface area (Å²) in [4.78, 5) is 27.0. The van der Waals surface area contributed by atoms with Gasteiger partial charge in [-0.05, 0) is 93.2 Å². The van der Waals surface area contributed by atoms with E-state index >= 15 is 4.39 Å². The van der Waals surface area contributed by atoms with Crippen molar-refractivity contribution >= 4 is 33.5 Å². The molecule has 0 aliphatic carbocycles. The Balaban J connectivity index is 1.42. The third-order valence-electron chi connectivity index (χ3n) is 9.73. The number of benzene rings is 2. The zero-order valence-electron chi connectivity index (χ0n) is 26.8. The summed E-state index contributed by atoms with van der Waals surface area (Å²) < 4.78 is 54.0. The first-order valence-corrected chi connectivity index (χ1v) is 18.1. The number of ether oxygens (including phenoxy) is 2. The number of alkyl carbamates (subject to hydrolysis) is 1. The Morgan fingerprint density at radius 3 is 2.67 bits per heavy atom. The zero-order chi connectivity index (χ0) is 33.1. The van der Waals surface area contributed by atoms with Crippen molar-refractivity contribution in [1.29, 1.82) is 0 Å². The molecule has 0 radical (unpaired) electrons. The maximum atomic E-state index is 15.5. The van der Waals surface area contributed by atoms with Gasteiger partial charge in [0.05, 0.1) is 24.5 Å². The van der Waals surface area contributed by atoms with Crippen LogP contribution in [0.4, 0.5) is 9.18 Å². The second-order valence-corrected chi connectivity index (χ2v) is 15.9.